The lowest BCUT2D eigenvalue weighted by Gasteiger charge is -2.06. The summed E-state index contributed by atoms with van der Waals surface area (Å²) in [5.41, 5.74) is 2.22. The lowest BCUT2D eigenvalue weighted by atomic mass is 10.1. The van der Waals surface area contributed by atoms with E-state index < -0.39 is 0 Å². The third-order valence-corrected chi connectivity index (χ3v) is 3.22. The Morgan fingerprint density at radius 1 is 1.32 bits per heavy atom. The maximum atomic E-state index is 11.9. The molecule has 0 bridgehead atoms. The average Bonchev–Trinajstić information content (AvgIpc) is 2.85. The maximum absolute atomic E-state index is 11.9. The summed E-state index contributed by atoms with van der Waals surface area (Å²) in [4.78, 5) is 19.2. The first-order chi connectivity index (χ1) is 9.19. The van der Waals surface area contributed by atoms with Crippen molar-refractivity contribution in [2.75, 3.05) is 6.79 Å². The average molecular weight is 258 g/mol. The fourth-order valence-corrected chi connectivity index (χ4v) is 2.21. The van der Waals surface area contributed by atoms with Gasteiger partial charge in [0.25, 0.3) is 5.56 Å². The van der Waals surface area contributed by atoms with Crippen molar-refractivity contribution in [2.24, 2.45) is 0 Å². The molecule has 19 heavy (non-hydrogen) atoms. The van der Waals surface area contributed by atoms with Crippen LogP contribution in [0.2, 0.25) is 0 Å². The Morgan fingerprint density at radius 2 is 2.11 bits per heavy atom. The highest BCUT2D eigenvalue weighted by atomic mass is 16.7. The molecule has 2 aromatic rings. The van der Waals surface area contributed by atoms with Gasteiger partial charge < -0.3 is 14.5 Å². The number of aromatic amines is 1. The van der Waals surface area contributed by atoms with Crippen LogP contribution in [0.5, 0.6) is 11.5 Å². The number of rotatable bonds is 2. The Labute approximate surface area is 110 Å². The highest BCUT2D eigenvalue weighted by molar-refractivity contribution is 5.61. The fourth-order valence-electron chi connectivity index (χ4n) is 2.21. The van der Waals surface area contributed by atoms with Crippen LogP contribution in [0, 0.1) is 6.92 Å². The highest BCUT2D eigenvalue weighted by Gasteiger charge is 2.15. The van der Waals surface area contributed by atoms with E-state index in [2.05, 4.69) is 9.97 Å². The van der Waals surface area contributed by atoms with Crippen molar-refractivity contribution in [3.05, 3.63) is 39.8 Å². The van der Waals surface area contributed by atoms with Crippen LogP contribution >= 0.6 is 0 Å². The molecule has 1 aromatic heterocycles. The SMILES string of the molecule is CCc1c(C)nc(-c2ccc3c(c2)OCO3)[nH]c1=O. The second-order valence-corrected chi connectivity index (χ2v) is 4.40. The largest absolute Gasteiger partial charge is 0.454 e. The number of nitrogens with one attached hydrogen (secondary N) is 1. The number of hydrogen-bond acceptors (Lipinski definition) is 4. The van der Waals surface area contributed by atoms with Crippen LogP contribution in [0.3, 0.4) is 0 Å². The molecule has 5 heteroatoms. The smallest absolute Gasteiger partial charge is 0.254 e. The molecule has 0 spiro atoms. The molecule has 0 amide bonds. The molecule has 0 unspecified atom stereocenters. The van der Waals surface area contributed by atoms with Gasteiger partial charge in [-0.05, 0) is 31.5 Å². The molecular weight excluding hydrogens is 244 g/mol. The van der Waals surface area contributed by atoms with Crippen LogP contribution in [0.25, 0.3) is 11.4 Å². The Morgan fingerprint density at radius 3 is 2.84 bits per heavy atom. The van der Waals surface area contributed by atoms with Crippen LogP contribution in [-0.2, 0) is 6.42 Å². The van der Waals surface area contributed by atoms with Crippen molar-refractivity contribution in [3.8, 4) is 22.9 Å². The summed E-state index contributed by atoms with van der Waals surface area (Å²) in [6.45, 7) is 4.03. The van der Waals surface area contributed by atoms with Gasteiger partial charge in [0, 0.05) is 16.8 Å². The molecule has 0 aliphatic carbocycles. The van der Waals surface area contributed by atoms with Crippen LogP contribution in [0.1, 0.15) is 18.2 Å². The number of H-pyrrole nitrogens is 1. The lowest BCUT2D eigenvalue weighted by molar-refractivity contribution is 0.174. The molecule has 1 N–H and O–H groups in total. The molecule has 0 saturated carbocycles. The summed E-state index contributed by atoms with van der Waals surface area (Å²) in [5, 5.41) is 0. The number of ether oxygens (including phenoxy) is 2. The highest BCUT2D eigenvalue weighted by Crippen LogP contribution is 2.34. The van der Waals surface area contributed by atoms with Gasteiger partial charge in [0.05, 0.1) is 0 Å². The molecule has 3 rings (SSSR count). The van der Waals surface area contributed by atoms with E-state index in [-0.39, 0.29) is 12.4 Å². The van der Waals surface area contributed by atoms with Crippen LogP contribution in [0.15, 0.2) is 23.0 Å². The number of aromatic nitrogens is 2. The van der Waals surface area contributed by atoms with Gasteiger partial charge >= 0.3 is 0 Å². The molecular formula is C14H14N2O3. The van der Waals surface area contributed by atoms with Crippen molar-refractivity contribution < 1.29 is 9.47 Å². The lowest BCUT2D eigenvalue weighted by Crippen LogP contribution is -2.16. The second kappa shape index (κ2) is 4.42. The Hall–Kier alpha value is -2.30. The number of benzene rings is 1. The molecule has 1 aliphatic heterocycles. The monoisotopic (exact) mass is 258 g/mol. The van der Waals surface area contributed by atoms with Gasteiger partial charge in [0.2, 0.25) is 6.79 Å². The van der Waals surface area contributed by atoms with Crippen molar-refractivity contribution in [3.63, 3.8) is 0 Å². The number of nitrogens with zero attached hydrogens (tertiary/aromatic N) is 1. The first kappa shape index (κ1) is 11.8. The van der Waals surface area contributed by atoms with E-state index in [0.717, 1.165) is 16.8 Å². The summed E-state index contributed by atoms with van der Waals surface area (Å²) >= 11 is 0. The zero-order chi connectivity index (χ0) is 13.4. The summed E-state index contributed by atoms with van der Waals surface area (Å²) in [7, 11) is 0. The third-order valence-electron chi connectivity index (χ3n) is 3.22. The summed E-state index contributed by atoms with van der Waals surface area (Å²) in [5.74, 6) is 1.95. The van der Waals surface area contributed by atoms with Gasteiger partial charge in [-0.2, -0.15) is 0 Å². The van der Waals surface area contributed by atoms with Crippen molar-refractivity contribution in [1.82, 2.24) is 9.97 Å². The van der Waals surface area contributed by atoms with E-state index in [1.807, 2.05) is 32.0 Å². The molecule has 5 nitrogen and oxygen atoms in total. The zero-order valence-corrected chi connectivity index (χ0v) is 10.8. The van der Waals surface area contributed by atoms with E-state index in [0.29, 0.717) is 23.7 Å². The van der Waals surface area contributed by atoms with Crippen LogP contribution in [0.4, 0.5) is 0 Å². The molecule has 1 aromatic carbocycles. The normalized spacial score (nSPS) is 12.7. The number of aryl methyl sites for hydroxylation is 1. The molecule has 0 saturated heterocycles. The van der Waals surface area contributed by atoms with Gasteiger partial charge in [-0.3, -0.25) is 4.79 Å². The minimum Gasteiger partial charge on any atom is -0.454 e. The summed E-state index contributed by atoms with van der Waals surface area (Å²) in [6, 6.07) is 5.50. The van der Waals surface area contributed by atoms with Gasteiger partial charge in [-0.1, -0.05) is 6.92 Å². The predicted octanol–water partition coefficient (Wildman–Crippen LogP) is 2.04. The third kappa shape index (κ3) is 1.97. The molecule has 1 aliphatic rings. The maximum Gasteiger partial charge on any atom is 0.254 e. The summed E-state index contributed by atoms with van der Waals surface area (Å²) < 4.78 is 10.6. The van der Waals surface area contributed by atoms with E-state index >= 15 is 0 Å². The number of hydrogen-bond donors (Lipinski definition) is 1. The Bertz CT molecular complexity index is 692. The molecule has 0 radical (unpaired) electrons. The van der Waals surface area contributed by atoms with Crippen LogP contribution < -0.4 is 15.0 Å². The van der Waals surface area contributed by atoms with Crippen molar-refractivity contribution in [2.45, 2.75) is 20.3 Å². The topological polar surface area (TPSA) is 64.2 Å². The standard InChI is InChI=1S/C14H14N2O3/c1-3-10-8(2)15-13(16-14(10)17)9-4-5-11-12(6-9)19-7-18-11/h4-6H,3,7H2,1-2H3,(H,15,16,17). The van der Waals surface area contributed by atoms with Crippen LogP contribution in [-0.4, -0.2) is 16.8 Å². The van der Waals surface area contributed by atoms with E-state index in [1.54, 1.807) is 0 Å². The Kier molecular flexibility index (Phi) is 2.74. The van der Waals surface area contributed by atoms with E-state index in [1.165, 1.54) is 0 Å². The first-order valence-electron chi connectivity index (χ1n) is 6.19. The van der Waals surface area contributed by atoms with Crippen molar-refractivity contribution in [1.29, 1.82) is 0 Å². The molecule has 0 fully saturated rings. The second-order valence-electron chi connectivity index (χ2n) is 4.40. The number of fused-ring (bicyclic) bond motifs is 1. The molecule has 98 valence electrons. The predicted molar refractivity (Wildman–Crippen MR) is 70.5 cm³/mol. The van der Waals surface area contributed by atoms with Gasteiger partial charge in [-0.25, -0.2) is 4.98 Å². The fraction of sp³-hybridized carbons (Fsp3) is 0.286. The minimum absolute atomic E-state index is 0.0809. The van der Waals surface area contributed by atoms with Gasteiger partial charge in [0.1, 0.15) is 5.82 Å². The first-order valence-corrected chi connectivity index (χ1v) is 6.19. The van der Waals surface area contributed by atoms with Crippen molar-refractivity contribution >= 4 is 0 Å². The quantitative estimate of drug-likeness (QED) is 0.895. The van der Waals surface area contributed by atoms with E-state index in [4.69, 9.17) is 9.47 Å². The summed E-state index contributed by atoms with van der Waals surface area (Å²) in [6.07, 6.45) is 0.676. The van der Waals surface area contributed by atoms with E-state index in [9.17, 15) is 4.79 Å². The zero-order valence-electron chi connectivity index (χ0n) is 10.8. The molecule has 0 atom stereocenters. The van der Waals surface area contributed by atoms with Gasteiger partial charge in [0.15, 0.2) is 11.5 Å². The van der Waals surface area contributed by atoms with Gasteiger partial charge in [-0.15, -0.1) is 0 Å². The Balaban J connectivity index is 2.10. The minimum atomic E-state index is -0.0809. The molecule has 2 heterocycles.